The number of nitrogens with zero attached hydrogens (tertiary/aromatic N) is 2. The summed E-state index contributed by atoms with van der Waals surface area (Å²) in [7, 11) is 0. The average Bonchev–Trinajstić information content (AvgIpc) is 1.59. The van der Waals surface area contributed by atoms with Gasteiger partial charge in [0.25, 0.3) is 0 Å². The maximum absolute atomic E-state index is 7.69. The van der Waals surface area contributed by atoms with Crippen LogP contribution >= 0.6 is 34.3 Å². The van der Waals surface area contributed by atoms with E-state index < -0.39 is 5.41 Å². The summed E-state index contributed by atoms with van der Waals surface area (Å²) in [5.41, 5.74) is 21.3. The maximum atomic E-state index is 7.69. The molecule has 2 atom stereocenters. The summed E-state index contributed by atoms with van der Waals surface area (Å²) in [4.78, 5) is 4.89. The van der Waals surface area contributed by atoms with Gasteiger partial charge in [0.15, 0.2) is 0 Å². The Morgan fingerprint density at radius 2 is 1.17 bits per heavy atom. The predicted octanol–water partition coefficient (Wildman–Crippen LogP) is 23.8. The molecule has 0 saturated carbocycles. The molecule has 0 fully saturated rings. The maximum Gasteiger partial charge on any atom is 0.142 e. The fourth-order valence-corrected chi connectivity index (χ4v) is 17.9. The molecule has 87 heavy (non-hydrogen) atoms. The Bertz CT molecular complexity index is 5500. The minimum atomic E-state index is -0.795. The molecule has 7 heteroatoms. The molecule has 4 nitrogen and oxygen atoms in total. The molecule has 410 valence electrons. The number of fused-ring (bicyclic) bond motifs is 24. The molecular formula is C80H49ClN2O2S2. The first-order valence-corrected chi connectivity index (χ1v) is 31.8. The quantitative estimate of drug-likeness (QED) is 0.172. The Morgan fingerprint density at radius 1 is 0.471 bits per heavy atom. The van der Waals surface area contributed by atoms with E-state index in [-0.39, 0.29) is 0 Å². The van der Waals surface area contributed by atoms with Gasteiger partial charge < -0.3 is 19.0 Å². The fraction of sp³-hybridized carbons (Fsp3) is 0.0500. The number of ether oxygens (including phenoxy) is 1. The topological polar surface area (TPSA) is 28.9 Å². The molecule has 2 unspecified atom stereocenters. The second-order valence-corrected chi connectivity index (χ2v) is 26.1. The third-order valence-electron chi connectivity index (χ3n) is 18.9. The summed E-state index contributed by atoms with van der Waals surface area (Å²) >= 11 is 11.4. The second kappa shape index (κ2) is 18.5. The normalized spacial score (nSPS) is 15.8. The fourth-order valence-electron chi connectivity index (χ4n) is 15.3. The van der Waals surface area contributed by atoms with Crippen molar-refractivity contribution in [1.29, 1.82) is 0 Å². The zero-order chi connectivity index (χ0) is 57.2. The van der Waals surface area contributed by atoms with Gasteiger partial charge in [0.1, 0.15) is 22.8 Å². The van der Waals surface area contributed by atoms with E-state index in [9.17, 15) is 0 Å². The summed E-state index contributed by atoms with van der Waals surface area (Å²) in [5.74, 6) is 3.01. The number of hydrogen-bond acceptors (Lipinski definition) is 6. The number of allylic oxidation sites excluding steroid dienone is 1. The van der Waals surface area contributed by atoms with Crippen LogP contribution in [-0.2, 0) is 11.8 Å². The highest BCUT2D eigenvalue weighted by atomic mass is 35.5. The largest absolute Gasteiger partial charge is 0.457 e. The number of rotatable bonds is 5. The van der Waals surface area contributed by atoms with Crippen LogP contribution < -0.4 is 14.5 Å². The van der Waals surface area contributed by atoms with Crippen molar-refractivity contribution in [1.82, 2.24) is 0 Å². The lowest BCUT2D eigenvalue weighted by atomic mass is 9.66. The van der Waals surface area contributed by atoms with E-state index in [2.05, 4.69) is 272 Å². The van der Waals surface area contributed by atoms with Crippen LogP contribution in [0.15, 0.2) is 259 Å². The summed E-state index contributed by atoms with van der Waals surface area (Å²) in [6, 6.07) is 91.4. The lowest BCUT2D eigenvalue weighted by Crippen LogP contribution is -2.32. The third kappa shape index (κ3) is 6.94. The van der Waals surface area contributed by atoms with Crippen molar-refractivity contribution in [3.05, 3.63) is 293 Å². The highest BCUT2D eigenvalue weighted by molar-refractivity contribution is 7.26. The lowest BCUT2D eigenvalue weighted by molar-refractivity contribution is 0.436. The van der Waals surface area contributed by atoms with Crippen LogP contribution in [-0.4, -0.2) is 0 Å². The van der Waals surface area contributed by atoms with E-state index in [0.717, 1.165) is 108 Å². The van der Waals surface area contributed by atoms with E-state index >= 15 is 0 Å². The molecule has 2 aliphatic carbocycles. The van der Waals surface area contributed by atoms with Crippen molar-refractivity contribution in [3.8, 4) is 56.0 Å². The Balaban J connectivity index is 0.826. The van der Waals surface area contributed by atoms with Crippen molar-refractivity contribution in [3.63, 3.8) is 0 Å². The van der Waals surface area contributed by atoms with Gasteiger partial charge in [-0.25, -0.2) is 0 Å². The predicted molar refractivity (Wildman–Crippen MR) is 366 cm³/mol. The minimum Gasteiger partial charge on any atom is -0.457 e. The number of para-hydroxylation sites is 4. The van der Waals surface area contributed by atoms with Gasteiger partial charge in [-0.05, 0) is 131 Å². The summed E-state index contributed by atoms with van der Waals surface area (Å²) < 4.78 is 19.2. The van der Waals surface area contributed by atoms with E-state index in [0.29, 0.717) is 10.9 Å². The molecule has 3 aromatic heterocycles. The number of furan rings is 1. The first kappa shape index (κ1) is 49.3. The highest BCUT2D eigenvalue weighted by Gasteiger charge is 2.52. The minimum absolute atomic E-state index is 0.443. The zero-order valence-corrected chi connectivity index (χ0v) is 49.4. The van der Waals surface area contributed by atoms with Crippen LogP contribution in [0.3, 0.4) is 0 Å². The van der Waals surface area contributed by atoms with Crippen LogP contribution in [0.4, 0.5) is 34.1 Å². The van der Waals surface area contributed by atoms with Gasteiger partial charge in [-0.3, -0.25) is 0 Å². The first-order chi connectivity index (χ1) is 43.0. The van der Waals surface area contributed by atoms with E-state index in [1.165, 1.54) is 73.5 Å². The van der Waals surface area contributed by atoms with Crippen molar-refractivity contribution < 1.29 is 9.15 Å². The molecule has 0 saturated heterocycles. The van der Waals surface area contributed by atoms with Crippen molar-refractivity contribution in [2.75, 3.05) is 9.80 Å². The van der Waals surface area contributed by atoms with Gasteiger partial charge >= 0.3 is 0 Å². The van der Waals surface area contributed by atoms with Crippen LogP contribution in [0.2, 0.25) is 5.02 Å². The SMILES string of the molecule is CC1C=Cc2oc3c(-c4cc(N(c5ccccc5)c5ccc6c(c5)-c5c(Cl)cccc5C65c6ccccc6Oc6cc(N7c8ccccc8-c8ccccc8-c8c7ccc7sc9ccccc9c87)ccc65)cc5c4sc4ccccc45)cccc3c2C1. The molecule has 4 aliphatic rings. The number of benzene rings is 12. The Morgan fingerprint density at radius 3 is 2.07 bits per heavy atom. The molecule has 5 heterocycles. The standard InChI is InChI=1S/C80H49ClN2O2S2/c1-46-33-39-69-58(41-46)55-24-15-25-56(78(55)85-69)60-44-50(43-59-53-21-8-13-31-72(53)87-79(59)60)82(47-17-3-2-4-18-47)48-34-36-62-61(42-48)75-65(27-16-28-66(75)81)80(62)63-26-10-12-30-70(63)84-71-45-49(35-37-64(71)80)83-67-29-11-7-20-52(67)51-19-5-6-22-54(51)76-68(83)38-40-74-77(76)57-23-9-14-32-73(57)86-74/h2-40,42-46H,41H2,1H3. The van der Waals surface area contributed by atoms with Gasteiger partial charge in [0.2, 0.25) is 0 Å². The number of anilines is 6. The second-order valence-electron chi connectivity index (χ2n) is 23.6. The molecule has 0 radical (unpaired) electrons. The molecule has 12 aromatic carbocycles. The monoisotopic (exact) mass is 1170 g/mol. The van der Waals surface area contributed by atoms with Crippen LogP contribution in [0, 0.1) is 5.92 Å². The first-order valence-electron chi connectivity index (χ1n) is 29.8. The number of thiophene rings is 2. The molecule has 1 spiro atoms. The summed E-state index contributed by atoms with van der Waals surface area (Å²) in [6.45, 7) is 2.28. The molecule has 0 amide bonds. The molecule has 19 rings (SSSR count). The van der Waals surface area contributed by atoms with E-state index in [4.69, 9.17) is 20.8 Å². The number of hydrogen-bond donors (Lipinski definition) is 0. The Kier molecular flexibility index (Phi) is 10.5. The smallest absolute Gasteiger partial charge is 0.142 e. The van der Waals surface area contributed by atoms with Gasteiger partial charge in [0.05, 0.1) is 16.8 Å². The average molecular weight is 1170 g/mol. The molecule has 15 aromatic rings. The summed E-state index contributed by atoms with van der Waals surface area (Å²) in [6.07, 6.45) is 5.39. The highest BCUT2D eigenvalue weighted by Crippen LogP contribution is 2.65. The molecule has 2 aliphatic heterocycles. The van der Waals surface area contributed by atoms with Gasteiger partial charge in [-0.2, -0.15) is 0 Å². The molecule has 0 N–H and O–H groups in total. The zero-order valence-electron chi connectivity index (χ0n) is 47.0. The number of halogens is 1. The van der Waals surface area contributed by atoms with Crippen molar-refractivity contribution in [2.24, 2.45) is 5.92 Å². The molecular weight excluding hydrogens is 1120 g/mol. The van der Waals surface area contributed by atoms with Gasteiger partial charge in [-0.15, -0.1) is 22.7 Å². The van der Waals surface area contributed by atoms with E-state index in [1.54, 1.807) is 0 Å². The van der Waals surface area contributed by atoms with Gasteiger partial charge in [-0.1, -0.05) is 182 Å². The Hall–Kier alpha value is -9.95. The molecule has 0 bridgehead atoms. The van der Waals surface area contributed by atoms with Crippen LogP contribution in [0.25, 0.3) is 102 Å². The van der Waals surface area contributed by atoms with Gasteiger partial charge in [0, 0.05) is 124 Å². The van der Waals surface area contributed by atoms with Crippen molar-refractivity contribution >= 4 is 126 Å². The third-order valence-corrected chi connectivity index (χ3v) is 21.5. The lowest BCUT2D eigenvalue weighted by Gasteiger charge is -2.40. The summed E-state index contributed by atoms with van der Waals surface area (Å²) in [5, 5.41) is 6.87. The van der Waals surface area contributed by atoms with Crippen LogP contribution in [0.5, 0.6) is 11.5 Å². The van der Waals surface area contributed by atoms with Crippen molar-refractivity contribution in [2.45, 2.75) is 18.8 Å². The van der Waals surface area contributed by atoms with E-state index in [1.807, 2.05) is 28.7 Å². The Labute approximate surface area is 515 Å². The van der Waals surface area contributed by atoms with Crippen LogP contribution in [0.1, 0.15) is 40.5 Å².